The molecule has 4 N–H and O–H groups in total. The van der Waals surface area contributed by atoms with Gasteiger partial charge in [0, 0.05) is 17.5 Å². The minimum atomic E-state index is -1.32. The molecule has 1 rings (SSSR count). The fourth-order valence-electron chi connectivity index (χ4n) is 1.71. The third-order valence-corrected chi connectivity index (χ3v) is 3.48. The quantitative estimate of drug-likeness (QED) is 0.631. The van der Waals surface area contributed by atoms with Gasteiger partial charge in [0.1, 0.15) is 11.7 Å². The van der Waals surface area contributed by atoms with Crippen LogP contribution in [-0.4, -0.2) is 45.6 Å². The smallest absolute Gasteiger partial charge is 0.407 e. The normalized spacial score (nSPS) is 14.2. The fourth-order valence-corrected chi connectivity index (χ4v) is 2.57. The summed E-state index contributed by atoms with van der Waals surface area (Å²) in [6.45, 7) is 5.29. The van der Waals surface area contributed by atoms with Crippen LogP contribution in [0.5, 0.6) is 0 Å². The molecule has 0 aliphatic heterocycles. The third-order valence-electron chi connectivity index (χ3n) is 2.71. The van der Waals surface area contributed by atoms with E-state index in [9.17, 15) is 19.8 Å². The molecule has 1 amide bonds. The molecule has 0 bridgehead atoms. The number of ether oxygens (including phenoxy) is 1. The van der Waals surface area contributed by atoms with Crippen molar-refractivity contribution in [1.29, 1.82) is 0 Å². The number of alkyl carbamates (subject to hydrolysis) is 1. The van der Waals surface area contributed by atoms with E-state index in [0.29, 0.717) is 0 Å². The van der Waals surface area contributed by atoms with Gasteiger partial charge in [-0.05, 0) is 32.6 Å². The van der Waals surface area contributed by atoms with Crippen molar-refractivity contribution in [3.8, 4) is 0 Å². The van der Waals surface area contributed by atoms with Gasteiger partial charge in [-0.25, -0.2) is 9.59 Å². The Morgan fingerprint density at radius 3 is 2.50 bits per heavy atom. The molecule has 2 atom stereocenters. The highest BCUT2D eigenvalue weighted by molar-refractivity contribution is 7.08. The molecule has 0 fully saturated rings. The maximum atomic E-state index is 11.4. The van der Waals surface area contributed by atoms with Gasteiger partial charge in [-0.3, -0.25) is 0 Å². The van der Waals surface area contributed by atoms with Crippen LogP contribution in [0.4, 0.5) is 4.79 Å². The van der Waals surface area contributed by atoms with Gasteiger partial charge >= 0.3 is 12.1 Å². The molecule has 1 aromatic heterocycles. The van der Waals surface area contributed by atoms with Crippen molar-refractivity contribution < 1.29 is 29.6 Å². The number of amides is 1. The Morgan fingerprint density at radius 1 is 1.32 bits per heavy atom. The second kappa shape index (κ2) is 7.57. The number of aliphatic hydroxyl groups is 2. The molecule has 0 radical (unpaired) electrons. The number of carboxylic acids is 1. The summed E-state index contributed by atoms with van der Waals surface area (Å²) >= 11 is 1.13. The molecule has 0 aliphatic carbocycles. The highest BCUT2D eigenvalue weighted by Gasteiger charge is 2.24. The van der Waals surface area contributed by atoms with Crippen LogP contribution in [0, 0.1) is 0 Å². The molecule has 0 spiro atoms. The number of hydrogen-bond donors (Lipinski definition) is 4. The molecule has 8 heteroatoms. The van der Waals surface area contributed by atoms with Gasteiger partial charge in [-0.2, -0.15) is 11.3 Å². The van der Waals surface area contributed by atoms with Crippen molar-refractivity contribution in [2.24, 2.45) is 0 Å². The second-order valence-corrected chi connectivity index (χ2v) is 6.52. The SMILES string of the molecule is CC(C)(C)OC(=O)NCCC(O)C(O)c1cscc1C(=O)O. The Bertz CT molecular complexity index is 522. The molecular formula is C14H21NO6S. The molecule has 124 valence electrons. The Labute approximate surface area is 132 Å². The van der Waals surface area contributed by atoms with Gasteiger partial charge in [0.2, 0.25) is 0 Å². The van der Waals surface area contributed by atoms with E-state index in [1.165, 1.54) is 10.8 Å². The van der Waals surface area contributed by atoms with Crippen LogP contribution in [-0.2, 0) is 4.74 Å². The van der Waals surface area contributed by atoms with Crippen molar-refractivity contribution >= 4 is 23.4 Å². The number of thiophene rings is 1. The summed E-state index contributed by atoms with van der Waals surface area (Å²) < 4.78 is 5.03. The Morgan fingerprint density at radius 2 is 1.95 bits per heavy atom. The number of aliphatic hydroxyl groups excluding tert-OH is 2. The maximum Gasteiger partial charge on any atom is 0.407 e. The van der Waals surface area contributed by atoms with Crippen LogP contribution in [0.2, 0.25) is 0 Å². The predicted molar refractivity (Wildman–Crippen MR) is 81.1 cm³/mol. The van der Waals surface area contributed by atoms with Crippen LogP contribution in [0.3, 0.4) is 0 Å². The Hall–Kier alpha value is -1.64. The number of carbonyl (C=O) groups is 2. The first kappa shape index (κ1) is 18.4. The highest BCUT2D eigenvalue weighted by atomic mass is 32.1. The lowest BCUT2D eigenvalue weighted by atomic mass is 10.0. The van der Waals surface area contributed by atoms with Crippen LogP contribution < -0.4 is 5.32 Å². The molecule has 0 aliphatic rings. The molecule has 1 aromatic rings. The fraction of sp³-hybridized carbons (Fsp3) is 0.571. The van der Waals surface area contributed by atoms with Gasteiger partial charge in [0.15, 0.2) is 0 Å². The first-order valence-electron chi connectivity index (χ1n) is 6.74. The predicted octanol–water partition coefficient (Wildman–Crippen LogP) is 1.76. The van der Waals surface area contributed by atoms with Gasteiger partial charge < -0.3 is 25.4 Å². The Balaban J connectivity index is 2.48. The first-order valence-corrected chi connectivity index (χ1v) is 7.68. The third kappa shape index (κ3) is 5.63. The van der Waals surface area contributed by atoms with E-state index < -0.39 is 29.9 Å². The molecule has 0 aromatic carbocycles. The number of carbonyl (C=O) groups excluding carboxylic acids is 1. The number of carboxylic acid groups (broad SMARTS) is 1. The highest BCUT2D eigenvalue weighted by Crippen LogP contribution is 2.26. The van der Waals surface area contributed by atoms with Crippen molar-refractivity contribution in [1.82, 2.24) is 5.32 Å². The minimum absolute atomic E-state index is 0.0309. The molecule has 2 unspecified atom stereocenters. The molecule has 7 nitrogen and oxygen atoms in total. The summed E-state index contributed by atoms with van der Waals surface area (Å²) in [6.07, 6.45) is -3.06. The average molecular weight is 331 g/mol. The largest absolute Gasteiger partial charge is 0.478 e. The van der Waals surface area contributed by atoms with Crippen LogP contribution in [0.15, 0.2) is 10.8 Å². The molecule has 1 heterocycles. The number of nitrogens with one attached hydrogen (secondary N) is 1. The summed E-state index contributed by atoms with van der Waals surface area (Å²) in [5.41, 5.74) is -0.478. The monoisotopic (exact) mass is 331 g/mol. The number of hydrogen-bond acceptors (Lipinski definition) is 6. The van der Waals surface area contributed by atoms with Crippen LogP contribution >= 0.6 is 11.3 Å². The molecule has 0 saturated heterocycles. The lowest BCUT2D eigenvalue weighted by Crippen LogP contribution is -2.34. The summed E-state index contributed by atoms with van der Waals surface area (Å²) in [6, 6.07) is 0. The first-order chi connectivity index (χ1) is 10.1. The zero-order chi connectivity index (χ0) is 16.9. The van der Waals surface area contributed by atoms with Gasteiger partial charge in [-0.15, -0.1) is 0 Å². The van der Waals surface area contributed by atoms with E-state index in [0.717, 1.165) is 11.3 Å². The number of rotatable bonds is 6. The van der Waals surface area contributed by atoms with E-state index in [2.05, 4.69) is 5.32 Å². The summed E-state index contributed by atoms with van der Waals surface area (Å²) in [7, 11) is 0. The zero-order valence-corrected chi connectivity index (χ0v) is 13.5. The van der Waals surface area contributed by atoms with E-state index in [-0.39, 0.29) is 24.1 Å². The zero-order valence-electron chi connectivity index (χ0n) is 12.7. The topological polar surface area (TPSA) is 116 Å². The van der Waals surface area contributed by atoms with Crippen molar-refractivity contribution in [2.75, 3.05) is 6.54 Å². The second-order valence-electron chi connectivity index (χ2n) is 5.78. The van der Waals surface area contributed by atoms with Gasteiger partial charge in [0.05, 0.1) is 11.7 Å². The van der Waals surface area contributed by atoms with E-state index in [1.807, 2.05) is 0 Å². The van der Waals surface area contributed by atoms with Crippen molar-refractivity contribution in [2.45, 2.75) is 45.0 Å². The van der Waals surface area contributed by atoms with Gasteiger partial charge in [0.25, 0.3) is 0 Å². The summed E-state index contributed by atoms with van der Waals surface area (Å²) in [4.78, 5) is 22.4. The van der Waals surface area contributed by atoms with E-state index in [4.69, 9.17) is 9.84 Å². The van der Waals surface area contributed by atoms with Gasteiger partial charge in [-0.1, -0.05) is 0 Å². The summed E-state index contributed by atoms with van der Waals surface area (Å²) in [5, 5.41) is 34.2. The number of aromatic carboxylic acids is 1. The lowest BCUT2D eigenvalue weighted by Gasteiger charge is -2.21. The lowest BCUT2D eigenvalue weighted by molar-refractivity contribution is 0.0118. The average Bonchev–Trinajstić information content (AvgIpc) is 2.84. The maximum absolute atomic E-state index is 11.4. The Kier molecular flexibility index (Phi) is 6.34. The van der Waals surface area contributed by atoms with E-state index >= 15 is 0 Å². The summed E-state index contributed by atoms with van der Waals surface area (Å²) in [5.74, 6) is -1.16. The van der Waals surface area contributed by atoms with Crippen LogP contribution in [0.25, 0.3) is 0 Å². The van der Waals surface area contributed by atoms with Crippen molar-refractivity contribution in [3.63, 3.8) is 0 Å². The van der Waals surface area contributed by atoms with Crippen molar-refractivity contribution in [3.05, 3.63) is 21.9 Å². The molecule has 0 saturated carbocycles. The van der Waals surface area contributed by atoms with E-state index in [1.54, 1.807) is 20.8 Å². The molecule has 22 heavy (non-hydrogen) atoms. The minimum Gasteiger partial charge on any atom is -0.478 e. The standard InChI is InChI=1S/C14H21NO6S/c1-14(2,3)21-13(20)15-5-4-10(16)11(17)8-6-22-7-9(8)12(18)19/h6-7,10-11,16-17H,4-5H2,1-3H3,(H,15,20)(H,18,19). The van der Waals surface area contributed by atoms with Crippen LogP contribution in [0.1, 0.15) is 49.2 Å². The molecular weight excluding hydrogens is 310 g/mol.